The average molecular weight is 270 g/mol. The lowest BCUT2D eigenvalue weighted by molar-refractivity contribution is -0.152. The molecular formula is C13H22N2O4. The van der Waals surface area contributed by atoms with Gasteiger partial charge in [-0.2, -0.15) is 0 Å². The van der Waals surface area contributed by atoms with Crippen molar-refractivity contribution in [2.45, 2.75) is 33.1 Å². The second kappa shape index (κ2) is 7.76. The molecule has 0 aromatic rings. The Balaban J connectivity index is 2.38. The quantitative estimate of drug-likeness (QED) is 0.589. The minimum absolute atomic E-state index is 0.150. The molecule has 108 valence electrons. The maximum Gasteiger partial charge on any atom is 0.311 e. The number of hydrogen-bond acceptors (Lipinski definition) is 4. The minimum Gasteiger partial charge on any atom is -0.466 e. The maximum absolute atomic E-state index is 11.8. The molecule has 1 heterocycles. The lowest BCUT2D eigenvalue weighted by Crippen LogP contribution is -2.47. The van der Waals surface area contributed by atoms with Crippen LogP contribution in [-0.4, -0.2) is 48.9 Å². The Morgan fingerprint density at radius 1 is 1.21 bits per heavy atom. The van der Waals surface area contributed by atoms with E-state index < -0.39 is 11.8 Å². The van der Waals surface area contributed by atoms with E-state index in [4.69, 9.17) is 4.74 Å². The van der Waals surface area contributed by atoms with Crippen LogP contribution in [0.5, 0.6) is 0 Å². The van der Waals surface area contributed by atoms with Crippen LogP contribution in [0.3, 0.4) is 0 Å². The fourth-order valence-corrected chi connectivity index (χ4v) is 2.04. The van der Waals surface area contributed by atoms with E-state index in [1.54, 1.807) is 6.92 Å². The second-order valence-electron chi connectivity index (χ2n) is 4.57. The highest BCUT2D eigenvalue weighted by molar-refractivity contribution is 6.35. The van der Waals surface area contributed by atoms with Crippen molar-refractivity contribution in [1.82, 2.24) is 10.2 Å². The summed E-state index contributed by atoms with van der Waals surface area (Å²) in [5, 5.41) is 2.56. The monoisotopic (exact) mass is 270 g/mol. The van der Waals surface area contributed by atoms with Gasteiger partial charge in [0.15, 0.2) is 0 Å². The molecule has 6 nitrogen and oxygen atoms in total. The third-order valence-electron chi connectivity index (χ3n) is 3.13. The van der Waals surface area contributed by atoms with Crippen molar-refractivity contribution in [2.75, 3.05) is 26.2 Å². The Labute approximate surface area is 113 Å². The van der Waals surface area contributed by atoms with Crippen LogP contribution < -0.4 is 5.32 Å². The van der Waals surface area contributed by atoms with Crippen LogP contribution in [0.2, 0.25) is 0 Å². The van der Waals surface area contributed by atoms with Gasteiger partial charge in [0.1, 0.15) is 0 Å². The molecule has 6 heteroatoms. The molecule has 0 unspecified atom stereocenters. The molecule has 1 saturated heterocycles. The summed E-state index contributed by atoms with van der Waals surface area (Å²) >= 11 is 0. The van der Waals surface area contributed by atoms with Gasteiger partial charge in [-0.1, -0.05) is 6.92 Å². The summed E-state index contributed by atoms with van der Waals surface area (Å²) in [5.74, 6) is -1.42. The van der Waals surface area contributed by atoms with Crippen LogP contribution in [0.4, 0.5) is 0 Å². The van der Waals surface area contributed by atoms with E-state index in [0.717, 1.165) is 6.42 Å². The van der Waals surface area contributed by atoms with Crippen molar-refractivity contribution >= 4 is 17.8 Å². The molecule has 0 saturated carbocycles. The Kier molecular flexibility index (Phi) is 6.32. The van der Waals surface area contributed by atoms with E-state index in [1.165, 1.54) is 4.90 Å². The van der Waals surface area contributed by atoms with Crippen LogP contribution in [0.25, 0.3) is 0 Å². The summed E-state index contributed by atoms with van der Waals surface area (Å²) < 4.78 is 4.96. The molecule has 1 fully saturated rings. The summed E-state index contributed by atoms with van der Waals surface area (Å²) in [6.45, 7) is 5.44. The van der Waals surface area contributed by atoms with Gasteiger partial charge in [-0.3, -0.25) is 14.4 Å². The Morgan fingerprint density at radius 2 is 1.84 bits per heavy atom. The predicted octanol–water partition coefficient (Wildman–Crippen LogP) is 0.314. The summed E-state index contributed by atoms with van der Waals surface area (Å²) in [5.41, 5.74) is 0. The normalized spacial score (nSPS) is 16.0. The summed E-state index contributed by atoms with van der Waals surface area (Å²) in [7, 11) is 0. The number of rotatable bonds is 4. The van der Waals surface area contributed by atoms with E-state index in [0.29, 0.717) is 39.1 Å². The zero-order valence-corrected chi connectivity index (χ0v) is 11.6. The first-order valence-electron chi connectivity index (χ1n) is 6.83. The Morgan fingerprint density at radius 3 is 2.37 bits per heavy atom. The largest absolute Gasteiger partial charge is 0.466 e. The van der Waals surface area contributed by atoms with Crippen LogP contribution in [0.15, 0.2) is 0 Å². The fourth-order valence-electron chi connectivity index (χ4n) is 2.04. The van der Waals surface area contributed by atoms with Gasteiger partial charge in [0.05, 0.1) is 12.5 Å². The number of amides is 2. The van der Waals surface area contributed by atoms with Gasteiger partial charge < -0.3 is 15.0 Å². The summed E-state index contributed by atoms with van der Waals surface area (Å²) in [4.78, 5) is 36.4. The first-order valence-corrected chi connectivity index (χ1v) is 6.83. The van der Waals surface area contributed by atoms with Gasteiger partial charge in [0.25, 0.3) is 0 Å². The molecule has 2 amide bonds. The van der Waals surface area contributed by atoms with Gasteiger partial charge in [-0.25, -0.2) is 0 Å². The number of carbonyl (C=O) groups is 3. The molecule has 0 spiro atoms. The molecular weight excluding hydrogens is 248 g/mol. The number of piperidine rings is 1. The van der Waals surface area contributed by atoms with E-state index in [-0.39, 0.29) is 11.9 Å². The molecule has 0 aliphatic carbocycles. The molecule has 0 radical (unpaired) electrons. The van der Waals surface area contributed by atoms with E-state index in [9.17, 15) is 14.4 Å². The van der Waals surface area contributed by atoms with Gasteiger partial charge in [-0.15, -0.1) is 0 Å². The number of carbonyl (C=O) groups excluding carboxylic acids is 3. The Hall–Kier alpha value is -1.59. The predicted molar refractivity (Wildman–Crippen MR) is 69.2 cm³/mol. The van der Waals surface area contributed by atoms with E-state index >= 15 is 0 Å². The summed E-state index contributed by atoms with van der Waals surface area (Å²) in [6, 6.07) is 0. The van der Waals surface area contributed by atoms with Crippen molar-refractivity contribution < 1.29 is 19.1 Å². The van der Waals surface area contributed by atoms with Crippen molar-refractivity contribution in [2.24, 2.45) is 5.92 Å². The third-order valence-corrected chi connectivity index (χ3v) is 3.13. The number of esters is 1. The summed E-state index contributed by atoms with van der Waals surface area (Å²) in [6.07, 6.45) is 1.92. The van der Waals surface area contributed by atoms with Crippen LogP contribution >= 0.6 is 0 Å². The number of ether oxygens (including phenoxy) is 1. The maximum atomic E-state index is 11.8. The molecule has 0 bridgehead atoms. The first-order chi connectivity index (χ1) is 9.10. The van der Waals surface area contributed by atoms with Crippen LogP contribution in [0.1, 0.15) is 33.1 Å². The highest BCUT2D eigenvalue weighted by atomic mass is 16.5. The van der Waals surface area contributed by atoms with Gasteiger partial charge in [-0.05, 0) is 26.2 Å². The number of nitrogens with zero attached hydrogens (tertiary/aromatic N) is 1. The second-order valence-corrected chi connectivity index (χ2v) is 4.57. The van der Waals surface area contributed by atoms with Crippen molar-refractivity contribution in [3.8, 4) is 0 Å². The van der Waals surface area contributed by atoms with Gasteiger partial charge >= 0.3 is 17.8 Å². The minimum atomic E-state index is -0.559. The number of hydrogen-bond donors (Lipinski definition) is 1. The molecule has 1 N–H and O–H groups in total. The average Bonchev–Trinajstić information content (AvgIpc) is 2.44. The zero-order valence-electron chi connectivity index (χ0n) is 11.6. The fraction of sp³-hybridized carbons (Fsp3) is 0.769. The van der Waals surface area contributed by atoms with Gasteiger partial charge in [0, 0.05) is 19.6 Å². The molecule has 0 aromatic carbocycles. The number of likely N-dealkylation sites (tertiary alicyclic amines) is 1. The molecule has 1 aliphatic rings. The van der Waals surface area contributed by atoms with Crippen molar-refractivity contribution in [3.63, 3.8) is 0 Å². The lowest BCUT2D eigenvalue weighted by Gasteiger charge is -2.30. The van der Waals surface area contributed by atoms with Crippen molar-refractivity contribution in [3.05, 3.63) is 0 Å². The van der Waals surface area contributed by atoms with Crippen LogP contribution in [-0.2, 0) is 19.1 Å². The smallest absolute Gasteiger partial charge is 0.311 e. The van der Waals surface area contributed by atoms with E-state index in [1.807, 2.05) is 6.92 Å². The van der Waals surface area contributed by atoms with E-state index in [2.05, 4.69) is 5.32 Å². The Bertz CT molecular complexity index is 336. The SMILES string of the molecule is CCCNC(=O)C(=O)N1CCC(C(=O)OCC)CC1. The topological polar surface area (TPSA) is 75.7 Å². The standard InChI is InChI=1S/C13H22N2O4/c1-3-7-14-11(16)12(17)15-8-5-10(6-9-15)13(18)19-4-2/h10H,3-9H2,1-2H3,(H,14,16). The molecule has 19 heavy (non-hydrogen) atoms. The highest BCUT2D eigenvalue weighted by Gasteiger charge is 2.30. The molecule has 1 aliphatic heterocycles. The lowest BCUT2D eigenvalue weighted by atomic mass is 9.97. The molecule has 1 rings (SSSR count). The zero-order chi connectivity index (χ0) is 14.3. The van der Waals surface area contributed by atoms with Crippen LogP contribution in [0, 0.1) is 5.92 Å². The molecule has 0 atom stereocenters. The van der Waals surface area contributed by atoms with Crippen molar-refractivity contribution in [1.29, 1.82) is 0 Å². The molecule has 0 aromatic heterocycles. The number of nitrogens with one attached hydrogen (secondary N) is 1. The third kappa shape index (κ3) is 4.54. The van der Waals surface area contributed by atoms with Gasteiger partial charge in [0.2, 0.25) is 0 Å². The first kappa shape index (κ1) is 15.5. The highest BCUT2D eigenvalue weighted by Crippen LogP contribution is 2.18.